The molecule has 2 atom stereocenters. The first kappa shape index (κ1) is 17.1. The molecule has 23 heavy (non-hydrogen) atoms. The largest absolute Gasteiger partial charge is 0.508 e. The zero-order chi connectivity index (χ0) is 17.2. The van der Waals surface area contributed by atoms with Crippen molar-refractivity contribution < 1.29 is 24.2 Å². The standard InChI is InChI=1S/C17H23NO5/c1-17(2,3)23-16(21)18-9-13(14(10-18)15(20)22-4)11-5-7-12(19)8-6-11/h5-8,13-14,19H,9-10H2,1-4H3/t13?,14-/m0/s1. The quantitative estimate of drug-likeness (QED) is 0.847. The highest BCUT2D eigenvalue weighted by Crippen LogP contribution is 2.34. The molecule has 1 aromatic rings. The molecule has 0 aromatic heterocycles. The van der Waals surface area contributed by atoms with Crippen molar-refractivity contribution in [3.63, 3.8) is 0 Å². The molecular formula is C17H23NO5. The Bertz CT molecular complexity index is 576. The van der Waals surface area contributed by atoms with Crippen LogP contribution < -0.4 is 0 Å². The molecule has 1 aromatic carbocycles. The van der Waals surface area contributed by atoms with Crippen molar-refractivity contribution in [1.29, 1.82) is 0 Å². The molecule has 1 heterocycles. The molecule has 1 saturated heterocycles. The van der Waals surface area contributed by atoms with Crippen LogP contribution in [0.1, 0.15) is 32.3 Å². The minimum atomic E-state index is -0.589. The van der Waals surface area contributed by atoms with Crippen LogP contribution in [0, 0.1) is 5.92 Å². The highest BCUT2D eigenvalue weighted by Gasteiger charge is 2.42. The topological polar surface area (TPSA) is 76.1 Å². The molecule has 6 nitrogen and oxygen atoms in total. The molecule has 0 radical (unpaired) electrons. The van der Waals surface area contributed by atoms with E-state index in [0.29, 0.717) is 6.54 Å². The number of hydrogen-bond donors (Lipinski definition) is 1. The lowest BCUT2D eigenvalue weighted by Crippen LogP contribution is -2.36. The lowest BCUT2D eigenvalue weighted by molar-refractivity contribution is -0.145. The van der Waals surface area contributed by atoms with Crippen LogP contribution in [0.15, 0.2) is 24.3 Å². The lowest BCUT2D eigenvalue weighted by Gasteiger charge is -2.24. The van der Waals surface area contributed by atoms with E-state index in [0.717, 1.165) is 5.56 Å². The van der Waals surface area contributed by atoms with Crippen LogP contribution in [0.3, 0.4) is 0 Å². The van der Waals surface area contributed by atoms with Crippen LogP contribution >= 0.6 is 0 Å². The molecule has 1 aliphatic heterocycles. The van der Waals surface area contributed by atoms with Gasteiger partial charge < -0.3 is 19.5 Å². The molecule has 1 fully saturated rings. The Morgan fingerprint density at radius 3 is 2.30 bits per heavy atom. The first-order chi connectivity index (χ1) is 10.7. The fourth-order valence-electron chi connectivity index (χ4n) is 2.73. The maximum atomic E-state index is 12.3. The third-order valence-electron chi connectivity index (χ3n) is 3.80. The number of phenolic OH excluding ortho intramolecular Hbond substituents is 1. The number of carbonyl (C=O) groups excluding carboxylic acids is 2. The highest BCUT2D eigenvalue weighted by atomic mass is 16.6. The number of phenols is 1. The number of likely N-dealkylation sites (tertiary alicyclic amines) is 1. The molecule has 0 spiro atoms. The summed E-state index contributed by atoms with van der Waals surface area (Å²) in [5, 5.41) is 9.41. The van der Waals surface area contributed by atoms with Crippen LogP contribution in [0.4, 0.5) is 4.79 Å². The summed E-state index contributed by atoms with van der Waals surface area (Å²) in [6.07, 6.45) is -0.437. The van der Waals surface area contributed by atoms with Crippen molar-refractivity contribution >= 4 is 12.1 Å². The number of benzene rings is 1. The molecule has 1 N–H and O–H groups in total. The minimum Gasteiger partial charge on any atom is -0.508 e. The van der Waals surface area contributed by atoms with E-state index >= 15 is 0 Å². The van der Waals surface area contributed by atoms with E-state index in [4.69, 9.17) is 9.47 Å². The molecule has 1 aliphatic rings. The molecular weight excluding hydrogens is 298 g/mol. The van der Waals surface area contributed by atoms with Crippen LogP contribution in [-0.2, 0) is 14.3 Å². The number of carbonyl (C=O) groups is 2. The van der Waals surface area contributed by atoms with Crippen LogP contribution in [0.25, 0.3) is 0 Å². The average molecular weight is 321 g/mol. The summed E-state index contributed by atoms with van der Waals surface area (Å²) in [6, 6.07) is 6.66. The predicted molar refractivity (Wildman–Crippen MR) is 84.2 cm³/mol. The molecule has 0 aliphatic carbocycles. The van der Waals surface area contributed by atoms with Gasteiger partial charge in [-0.15, -0.1) is 0 Å². The van der Waals surface area contributed by atoms with Gasteiger partial charge in [0.25, 0.3) is 0 Å². The maximum Gasteiger partial charge on any atom is 0.410 e. The van der Waals surface area contributed by atoms with E-state index in [1.165, 1.54) is 12.0 Å². The minimum absolute atomic E-state index is 0.158. The summed E-state index contributed by atoms with van der Waals surface area (Å²) in [4.78, 5) is 25.9. The fraction of sp³-hybridized carbons (Fsp3) is 0.529. The van der Waals surface area contributed by atoms with Crippen LogP contribution in [-0.4, -0.2) is 47.9 Å². The average Bonchev–Trinajstić information content (AvgIpc) is 2.91. The maximum absolute atomic E-state index is 12.3. The monoisotopic (exact) mass is 321 g/mol. The van der Waals surface area contributed by atoms with E-state index < -0.39 is 17.6 Å². The summed E-state index contributed by atoms with van der Waals surface area (Å²) in [7, 11) is 1.34. The molecule has 6 heteroatoms. The second-order valence-electron chi connectivity index (χ2n) is 6.71. The van der Waals surface area contributed by atoms with Crippen molar-refractivity contribution in [2.45, 2.75) is 32.3 Å². The molecule has 126 valence electrons. The van der Waals surface area contributed by atoms with E-state index in [1.807, 2.05) is 0 Å². The first-order valence-corrected chi connectivity index (χ1v) is 7.56. The predicted octanol–water partition coefficient (Wildman–Crippen LogP) is 2.52. The number of methoxy groups -OCH3 is 1. The van der Waals surface area contributed by atoms with Gasteiger partial charge in [0.1, 0.15) is 11.4 Å². The third-order valence-corrected chi connectivity index (χ3v) is 3.80. The van der Waals surface area contributed by atoms with Gasteiger partial charge in [0, 0.05) is 19.0 Å². The van der Waals surface area contributed by atoms with Gasteiger partial charge in [-0.1, -0.05) is 12.1 Å². The molecule has 0 bridgehead atoms. The van der Waals surface area contributed by atoms with E-state index in [-0.39, 0.29) is 24.2 Å². The Morgan fingerprint density at radius 2 is 1.78 bits per heavy atom. The second kappa shape index (κ2) is 6.48. The van der Waals surface area contributed by atoms with Gasteiger partial charge in [0.05, 0.1) is 13.0 Å². The number of nitrogens with zero attached hydrogens (tertiary/aromatic N) is 1. The summed E-state index contributed by atoms with van der Waals surface area (Å²) < 4.78 is 10.3. The SMILES string of the molecule is COC(=O)[C@H]1CN(C(=O)OC(C)(C)C)CC1c1ccc(O)cc1. The van der Waals surface area contributed by atoms with Gasteiger partial charge in [-0.25, -0.2) is 4.79 Å². The Kier molecular flexibility index (Phi) is 4.82. The Hall–Kier alpha value is -2.24. The van der Waals surface area contributed by atoms with E-state index in [1.54, 1.807) is 45.0 Å². The normalized spacial score (nSPS) is 21.1. The van der Waals surface area contributed by atoms with Gasteiger partial charge in [-0.05, 0) is 38.5 Å². The van der Waals surface area contributed by atoms with Crippen molar-refractivity contribution in [3.8, 4) is 5.75 Å². The molecule has 0 saturated carbocycles. The summed E-state index contributed by atoms with van der Waals surface area (Å²) in [5.41, 5.74) is 0.290. The summed E-state index contributed by atoms with van der Waals surface area (Å²) in [6.45, 7) is 6.04. The molecule has 2 rings (SSSR count). The zero-order valence-corrected chi connectivity index (χ0v) is 13.9. The third kappa shape index (κ3) is 4.15. The van der Waals surface area contributed by atoms with E-state index in [9.17, 15) is 14.7 Å². The zero-order valence-electron chi connectivity index (χ0n) is 13.9. The van der Waals surface area contributed by atoms with Crippen LogP contribution in [0.2, 0.25) is 0 Å². The fourth-order valence-corrected chi connectivity index (χ4v) is 2.73. The van der Waals surface area contributed by atoms with Gasteiger partial charge in [-0.2, -0.15) is 0 Å². The van der Waals surface area contributed by atoms with Crippen LogP contribution in [0.5, 0.6) is 5.75 Å². The summed E-state index contributed by atoms with van der Waals surface area (Å²) >= 11 is 0. The Morgan fingerprint density at radius 1 is 1.17 bits per heavy atom. The molecule has 1 unspecified atom stereocenters. The number of ether oxygens (including phenoxy) is 2. The second-order valence-corrected chi connectivity index (χ2v) is 6.71. The van der Waals surface area contributed by atoms with Gasteiger partial charge in [0.15, 0.2) is 0 Å². The number of rotatable bonds is 2. The highest BCUT2D eigenvalue weighted by molar-refractivity contribution is 5.77. The van der Waals surface area contributed by atoms with E-state index in [2.05, 4.69) is 0 Å². The van der Waals surface area contributed by atoms with Gasteiger partial charge >= 0.3 is 12.1 Å². The molecule has 1 amide bonds. The smallest absolute Gasteiger partial charge is 0.410 e. The van der Waals surface area contributed by atoms with Gasteiger partial charge in [0.2, 0.25) is 0 Å². The number of amides is 1. The first-order valence-electron chi connectivity index (χ1n) is 7.56. The van der Waals surface area contributed by atoms with Crippen molar-refractivity contribution in [3.05, 3.63) is 29.8 Å². The number of hydrogen-bond acceptors (Lipinski definition) is 5. The number of aromatic hydroxyl groups is 1. The van der Waals surface area contributed by atoms with Crippen molar-refractivity contribution in [1.82, 2.24) is 4.90 Å². The Balaban J connectivity index is 2.20. The van der Waals surface area contributed by atoms with Crippen molar-refractivity contribution in [2.75, 3.05) is 20.2 Å². The lowest BCUT2D eigenvalue weighted by atomic mass is 9.89. The Labute approximate surface area is 136 Å². The summed E-state index contributed by atoms with van der Waals surface area (Å²) in [5.74, 6) is -0.827. The number of esters is 1. The van der Waals surface area contributed by atoms with Crippen molar-refractivity contribution in [2.24, 2.45) is 5.92 Å². The van der Waals surface area contributed by atoms with Gasteiger partial charge in [-0.3, -0.25) is 4.79 Å².